The number of likely N-dealkylation sites (tertiary alicyclic amines) is 1. The van der Waals surface area contributed by atoms with E-state index in [2.05, 4.69) is 10.00 Å². The van der Waals surface area contributed by atoms with Gasteiger partial charge in [0.25, 0.3) is 0 Å². The van der Waals surface area contributed by atoms with Crippen molar-refractivity contribution < 1.29 is 9.13 Å². The van der Waals surface area contributed by atoms with E-state index >= 15 is 0 Å². The maximum atomic E-state index is 13.8. The van der Waals surface area contributed by atoms with Crippen LogP contribution in [0.4, 0.5) is 4.39 Å². The Morgan fingerprint density at radius 1 is 1.33 bits per heavy atom. The predicted molar refractivity (Wildman–Crippen MR) is 92.7 cm³/mol. The lowest BCUT2D eigenvalue weighted by Gasteiger charge is -2.36. The molecule has 1 fully saturated rings. The molecule has 24 heavy (non-hydrogen) atoms. The Morgan fingerprint density at radius 3 is 3.04 bits per heavy atom. The Balaban J connectivity index is 1.77. The predicted octanol–water partition coefficient (Wildman–Crippen LogP) is 3.79. The normalized spacial score (nSPS) is 18.8. The van der Waals surface area contributed by atoms with Crippen molar-refractivity contribution in [2.24, 2.45) is 0 Å². The van der Waals surface area contributed by atoms with Crippen LogP contribution in [-0.2, 0) is 11.3 Å². The number of hydrogen-bond donors (Lipinski definition) is 0. The highest BCUT2D eigenvalue weighted by molar-refractivity contribution is 5.40. The molecular formula is C19H26FN3O. The molecule has 2 heterocycles. The third-order valence-corrected chi connectivity index (χ3v) is 4.80. The lowest BCUT2D eigenvalue weighted by atomic mass is 9.97. The van der Waals surface area contributed by atoms with Crippen molar-refractivity contribution in [1.82, 2.24) is 14.7 Å². The summed E-state index contributed by atoms with van der Waals surface area (Å²) in [5.74, 6) is -0.186. The van der Waals surface area contributed by atoms with Crippen molar-refractivity contribution in [3.63, 3.8) is 0 Å². The van der Waals surface area contributed by atoms with E-state index in [0.717, 1.165) is 43.8 Å². The zero-order valence-corrected chi connectivity index (χ0v) is 14.3. The lowest BCUT2D eigenvalue weighted by molar-refractivity contribution is 0.116. The Labute approximate surface area is 143 Å². The first kappa shape index (κ1) is 17.1. The fourth-order valence-electron chi connectivity index (χ4n) is 3.59. The fraction of sp³-hybridized carbons (Fsp3) is 0.526. The van der Waals surface area contributed by atoms with E-state index in [4.69, 9.17) is 4.74 Å². The van der Waals surface area contributed by atoms with E-state index in [1.165, 1.54) is 25.3 Å². The molecule has 0 bridgehead atoms. The number of methoxy groups -OCH3 is 1. The highest BCUT2D eigenvalue weighted by atomic mass is 19.1. The molecule has 130 valence electrons. The third-order valence-electron chi connectivity index (χ3n) is 4.80. The maximum absolute atomic E-state index is 13.8. The van der Waals surface area contributed by atoms with Crippen LogP contribution in [0.1, 0.15) is 37.7 Å². The molecule has 5 heteroatoms. The number of benzene rings is 1. The summed E-state index contributed by atoms with van der Waals surface area (Å²) in [5.41, 5.74) is 1.96. The summed E-state index contributed by atoms with van der Waals surface area (Å²) >= 11 is 0. The van der Waals surface area contributed by atoms with Gasteiger partial charge in [0.05, 0.1) is 5.69 Å². The quantitative estimate of drug-likeness (QED) is 0.723. The van der Waals surface area contributed by atoms with Crippen LogP contribution in [0.5, 0.6) is 0 Å². The second-order valence-corrected chi connectivity index (χ2v) is 6.48. The summed E-state index contributed by atoms with van der Waals surface area (Å²) in [4.78, 5) is 2.50. The van der Waals surface area contributed by atoms with Crippen LogP contribution in [0.25, 0.3) is 5.69 Å². The average Bonchev–Trinajstić information content (AvgIpc) is 3.11. The van der Waals surface area contributed by atoms with Gasteiger partial charge in [0.1, 0.15) is 5.82 Å². The molecule has 0 amide bonds. The number of ether oxygens (including phenoxy) is 1. The third kappa shape index (κ3) is 4.22. The van der Waals surface area contributed by atoms with Crippen molar-refractivity contribution in [2.75, 3.05) is 20.3 Å². The highest BCUT2D eigenvalue weighted by Crippen LogP contribution is 2.25. The maximum Gasteiger partial charge on any atom is 0.123 e. The van der Waals surface area contributed by atoms with Gasteiger partial charge in [-0.3, -0.25) is 4.90 Å². The first-order valence-corrected chi connectivity index (χ1v) is 8.79. The fourth-order valence-corrected chi connectivity index (χ4v) is 3.59. The first-order valence-electron chi connectivity index (χ1n) is 8.79. The highest BCUT2D eigenvalue weighted by Gasteiger charge is 2.23. The molecule has 1 saturated heterocycles. The first-order chi connectivity index (χ1) is 11.8. The second kappa shape index (κ2) is 8.40. The van der Waals surface area contributed by atoms with E-state index in [1.807, 2.05) is 23.0 Å². The van der Waals surface area contributed by atoms with Gasteiger partial charge in [-0.15, -0.1) is 0 Å². The molecule has 0 aliphatic carbocycles. The minimum Gasteiger partial charge on any atom is -0.385 e. The summed E-state index contributed by atoms with van der Waals surface area (Å²) in [7, 11) is 1.75. The Kier molecular flexibility index (Phi) is 5.99. The number of piperidine rings is 1. The summed E-state index contributed by atoms with van der Waals surface area (Å²) in [6.07, 6.45) is 9.59. The Bertz CT molecular complexity index is 630. The van der Waals surface area contributed by atoms with E-state index in [-0.39, 0.29) is 5.82 Å². The number of halogens is 1. The van der Waals surface area contributed by atoms with Gasteiger partial charge in [-0.05, 0) is 62.1 Å². The molecule has 3 rings (SSSR count). The molecule has 1 atom stereocenters. The van der Waals surface area contributed by atoms with Crippen LogP contribution in [0.15, 0.2) is 36.7 Å². The summed E-state index contributed by atoms with van der Waals surface area (Å²) < 4.78 is 20.8. The molecule has 4 nitrogen and oxygen atoms in total. The van der Waals surface area contributed by atoms with Gasteiger partial charge in [0.15, 0.2) is 0 Å². The van der Waals surface area contributed by atoms with Crippen LogP contribution >= 0.6 is 0 Å². The van der Waals surface area contributed by atoms with Gasteiger partial charge in [0, 0.05) is 38.7 Å². The molecule has 0 spiro atoms. The minimum atomic E-state index is -0.186. The molecule has 0 unspecified atom stereocenters. The number of aromatic nitrogens is 2. The van der Waals surface area contributed by atoms with E-state index in [9.17, 15) is 4.39 Å². The van der Waals surface area contributed by atoms with E-state index < -0.39 is 0 Å². The van der Waals surface area contributed by atoms with Crippen LogP contribution < -0.4 is 0 Å². The van der Waals surface area contributed by atoms with E-state index in [0.29, 0.717) is 6.04 Å². The van der Waals surface area contributed by atoms with Crippen molar-refractivity contribution >= 4 is 0 Å². The topological polar surface area (TPSA) is 30.3 Å². The standard InChI is InChI=1S/C19H26FN3O/c1-24-13-4-7-18-6-2-3-11-22(18)15-16-14-17(20)8-9-19(16)23-12-5-10-21-23/h5,8-10,12,14,18H,2-4,6-7,11,13,15H2,1H3/t18-/m1/s1. The van der Waals surface area contributed by atoms with Crippen molar-refractivity contribution in [2.45, 2.75) is 44.7 Å². The number of nitrogens with zero attached hydrogens (tertiary/aromatic N) is 3. The van der Waals surface area contributed by atoms with Crippen molar-refractivity contribution in [1.29, 1.82) is 0 Å². The minimum absolute atomic E-state index is 0.186. The SMILES string of the molecule is COCCC[C@H]1CCCCN1Cc1cc(F)ccc1-n1cccn1. The molecule has 0 saturated carbocycles. The smallest absolute Gasteiger partial charge is 0.123 e. The van der Waals surface area contributed by atoms with E-state index in [1.54, 1.807) is 19.4 Å². The number of hydrogen-bond acceptors (Lipinski definition) is 3. The van der Waals surface area contributed by atoms with Gasteiger partial charge in [-0.25, -0.2) is 9.07 Å². The van der Waals surface area contributed by atoms with Gasteiger partial charge in [-0.1, -0.05) is 6.42 Å². The zero-order chi connectivity index (χ0) is 16.8. The Morgan fingerprint density at radius 2 is 2.25 bits per heavy atom. The molecule has 1 aliphatic rings. The molecular weight excluding hydrogens is 305 g/mol. The van der Waals surface area contributed by atoms with Crippen LogP contribution in [0.3, 0.4) is 0 Å². The summed E-state index contributed by atoms with van der Waals surface area (Å²) in [5, 5.41) is 4.31. The molecule has 1 aliphatic heterocycles. The number of rotatable bonds is 7. The van der Waals surface area contributed by atoms with Gasteiger partial charge in [0.2, 0.25) is 0 Å². The van der Waals surface area contributed by atoms with Crippen LogP contribution in [0.2, 0.25) is 0 Å². The molecule has 0 N–H and O–H groups in total. The largest absolute Gasteiger partial charge is 0.385 e. The molecule has 1 aromatic heterocycles. The average molecular weight is 331 g/mol. The summed E-state index contributed by atoms with van der Waals surface area (Å²) in [6.45, 7) is 2.65. The monoisotopic (exact) mass is 331 g/mol. The van der Waals surface area contributed by atoms with Gasteiger partial charge in [-0.2, -0.15) is 5.10 Å². The molecule has 2 aromatic rings. The molecule has 0 radical (unpaired) electrons. The van der Waals surface area contributed by atoms with Crippen molar-refractivity contribution in [3.05, 3.63) is 48.0 Å². The van der Waals surface area contributed by atoms with Gasteiger partial charge < -0.3 is 4.74 Å². The zero-order valence-electron chi connectivity index (χ0n) is 14.3. The van der Waals surface area contributed by atoms with Crippen molar-refractivity contribution in [3.8, 4) is 5.69 Å². The Hall–Kier alpha value is -1.72. The second-order valence-electron chi connectivity index (χ2n) is 6.48. The van der Waals surface area contributed by atoms with Crippen LogP contribution in [0, 0.1) is 5.82 Å². The van der Waals surface area contributed by atoms with Crippen LogP contribution in [-0.4, -0.2) is 41.0 Å². The molecule has 1 aromatic carbocycles. The van der Waals surface area contributed by atoms with Gasteiger partial charge >= 0.3 is 0 Å². The summed E-state index contributed by atoms with van der Waals surface area (Å²) in [6, 6.07) is 7.43. The lowest BCUT2D eigenvalue weighted by Crippen LogP contribution is -2.39.